The molecule has 30 heavy (non-hydrogen) atoms. The molecule has 1 aliphatic carbocycles. The number of fused-ring (bicyclic) bond motifs is 1. The highest BCUT2D eigenvalue weighted by Crippen LogP contribution is 2.33. The van der Waals surface area contributed by atoms with Gasteiger partial charge in [0.15, 0.2) is 0 Å². The number of thioether (sulfide) groups is 1. The van der Waals surface area contributed by atoms with Crippen molar-refractivity contribution in [1.82, 2.24) is 0 Å². The van der Waals surface area contributed by atoms with E-state index in [0.717, 1.165) is 55.3 Å². The lowest BCUT2D eigenvalue weighted by Gasteiger charge is -2.13. The highest BCUT2D eigenvalue weighted by molar-refractivity contribution is 8.07. The van der Waals surface area contributed by atoms with Crippen LogP contribution in [0.5, 0.6) is 0 Å². The van der Waals surface area contributed by atoms with Crippen LogP contribution in [-0.2, 0) is 19.3 Å². The molecule has 0 aliphatic heterocycles. The van der Waals surface area contributed by atoms with Gasteiger partial charge in [0.2, 0.25) is 0 Å². The maximum atomic E-state index is 14.3. The molecule has 0 heterocycles. The minimum absolute atomic E-state index is 0.0677. The van der Waals surface area contributed by atoms with E-state index in [-0.39, 0.29) is 11.4 Å². The summed E-state index contributed by atoms with van der Waals surface area (Å²) in [6, 6.07) is 5.69. The van der Waals surface area contributed by atoms with E-state index in [9.17, 15) is 8.78 Å². The molecule has 0 atom stereocenters. The van der Waals surface area contributed by atoms with Crippen LogP contribution in [0.25, 0.3) is 4.91 Å². The Kier molecular flexibility index (Phi) is 8.72. The Morgan fingerprint density at radius 2 is 1.70 bits per heavy atom. The molecule has 2 aromatic carbocycles. The SMILES string of the molecule is C=C(C)Cc1cc(C)c(N)cc1C.C=C(SC)c1c(F)cc2c(c1F)CCCCC2. The van der Waals surface area contributed by atoms with Gasteiger partial charge in [-0.3, -0.25) is 0 Å². The topological polar surface area (TPSA) is 26.0 Å². The van der Waals surface area contributed by atoms with Gasteiger partial charge in [0.1, 0.15) is 11.6 Å². The van der Waals surface area contributed by atoms with E-state index in [1.54, 1.807) is 6.26 Å². The Balaban J connectivity index is 0.000000222. The third kappa shape index (κ3) is 5.98. The molecule has 2 N–H and O–H groups in total. The summed E-state index contributed by atoms with van der Waals surface area (Å²) in [5.41, 5.74) is 13.2. The highest BCUT2D eigenvalue weighted by Gasteiger charge is 2.21. The Morgan fingerprint density at radius 1 is 1.03 bits per heavy atom. The minimum Gasteiger partial charge on any atom is -0.399 e. The molecule has 1 aliphatic rings. The summed E-state index contributed by atoms with van der Waals surface area (Å²) in [6.07, 6.45) is 7.34. The molecule has 162 valence electrons. The number of halogens is 2. The third-order valence-electron chi connectivity index (χ3n) is 5.53. The van der Waals surface area contributed by atoms with E-state index < -0.39 is 5.82 Å². The van der Waals surface area contributed by atoms with Crippen LogP contribution in [0.1, 0.15) is 59.6 Å². The van der Waals surface area contributed by atoms with Gasteiger partial charge in [-0.25, -0.2) is 8.78 Å². The molecule has 0 spiro atoms. The summed E-state index contributed by atoms with van der Waals surface area (Å²) in [5.74, 6) is -0.858. The molecule has 3 rings (SSSR count). The average Bonchev–Trinajstić information content (AvgIpc) is 2.91. The van der Waals surface area contributed by atoms with Crippen LogP contribution in [0.3, 0.4) is 0 Å². The number of allylic oxidation sites excluding steroid dienone is 1. The van der Waals surface area contributed by atoms with Crippen molar-refractivity contribution >= 4 is 22.4 Å². The van der Waals surface area contributed by atoms with Gasteiger partial charge in [-0.2, -0.15) is 0 Å². The van der Waals surface area contributed by atoms with Crippen molar-refractivity contribution in [2.24, 2.45) is 0 Å². The van der Waals surface area contributed by atoms with Crippen LogP contribution >= 0.6 is 11.8 Å². The Labute approximate surface area is 184 Å². The van der Waals surface area contributed by atoms with Gasteiger partial charge in [0, 0.05) is 10.6 Å². The van der Waals surface area contributed by atoms with E-state index in [4.69, 9.17) is 5.73 Å². The molecule has 1 nitrogen and oxygen atoms in total. The van der Waals surface area contributed by atoms with E-state index >= 15 is 0 Å². The zero-order valence-corrected chi connectivity index (χ0v) is 19.4. The lowest BCUT2D eigenvalue weighted by Crippen LogP contribution is -2.03. The standard InChI is InChI=1S/C14H16F2S.C12H17N/c1-9(17-2)13-12(15)8-10-6-4-3-5-7-11(10)14(13)16;1-8(2)5-11-6-10(4)12(13)7-9(11)3/h8H,1,3-7H2,2H3;6-7H,1,5,13H2,2-4H3. The van der Waals surface area contributed by atoms with Crippen LogP contribution < -0.4 is 5.73 Å². The normalized spacial score (nSPS) is 13.0. The first-order valence-electron chi connectivity index (χ1n) is 10.4. The predicted octanol–water partition coefficient (Wildman–Crippen LogP) is 7.57. The number of benzene rings is 2. The van der Waals surface area contributed by atoms with E-state index in [1.165, 1.54) is 34.5 Å². The van der Waals surface area contributed by atoms with Gasteiger partial charge in [0.25, 0.3) is 0 Å². The van der Waals surface area contributed by atoms with Crippen LogP contribution in [0, 0.1) is 25.5 Å². The number of rotatable bonds is 4. The van der Waals surface area contributed by atoms with E-state index in [0.29, 0.717) is 10.5 Å². The Bertz CT molecular complexity index is 947. The molecule has 0 radical (unpaired) electrons. The number of hydrogen-bond donors (Lipinski definition) is 1. The molecule has 2 aromatic rings. The fourth-order valence-corrected chi connectivity index (χ4v) is 4.16. The summed E-state index contributed by atoms with van der Waals surface area (Å²) in [5, 5.41) is 0. The fraction of sp³-hybridized carbons (Fsp3) is 0.385. The van der Waals surface area contributed by atoms with Gasteiger partial charge >= 0.3 is 0 Å². The molecule has 0 saturated heterocycles. The second-order valence-electron chi connectivity index (χ2n) is 8.14. The second kappa shape index (κ2) is 10.8. The first-order valence-corrected chi connectivity index (χ1v) is 11.6. The van der Waals surface area contributed by atoms with Crippen LogP contribution in [0.2, 0.25) is 0 Å². The number of nitrogens with two attached hydrogens (primary N) is 1. The van der Waals surface area contributed by atoms with Crippen molar-refractivity contribution in [2.75, 3.05) is 12.0 Å². The van der Waals surface area contributed by atoms with Gasteiger partial charge in [0.05, 0.1) is 5.56 Å². The smallest absolute Gasteiger partial charge is 0.137 e. The molecule has 0 aromatic heterocycles. The lowest BCUT2D eigenvalue weighted by atomic mass is 9.98. The maximum Gasteiger partial charge on any atom is 0.137 e. The molecular weight excluding hydrogens is 396 g/mol. The van der Waals surface area contributed by atoms with Gasteiger partial charge in [-0.05, 0) is 99.1 Å². The van der Waals surface area contributed by atoms with E-state index in [1.807, 2.05) is 19.9 Å². The lowest BCUT2D eigenvalue weighted by molar-refractivity contribution is 0.563. The fourth-order valence-electron chi connectivity index (χ4n) is 3.77. The molecule has 0 saturated carbocycles. The minimum atomic E-state index is -0.470. The molecule has 0 bridgehead atoms. The van der Waals surface area contributed by atoms with Gasteiger partial charge in [-0.15, -0.1) is 11.8 Å². The molecule has 0 amide bonds. The molecule has 4 heteroatoms. The zero-order chi connectivity index (χ0) is 22.4. The van der Waals surface area contributed by atoms with Crippen molar-refractivity contribution in [3.8, 4) is 0 Å². The number of nitrogen functional groups attached to an aromatic ring is 1. The summed E-state index contributed by atoms with van der Waals surface area (Å²) >= 11 is 1.29. The maximum absolute atomic E-state index is 14.3. The Morgan fingerprint density at radius 3 is 2.33 bits per heavy atom. The van der Waals surface area contributed by atoms with Crippen molar-refractivity contribution in [3.63, 3.8) is 0 Å². The highest BCUT2D eigenvalue weighted by atomic mass is 32.2. The van der Waals surface area contributed by atoms with Crippen molar-refractivity contribution in [2.45, 2.75) is 59.3 Å². The summed E-state index contributed by atoms with van der Waals surface area (Å²) in [6.45, 7) is 13.8. The second-order valence-corrected chi connectivity index (χ2v) is 9.04. The van der Waals surface area contributed by atoms with Crippen LogP contribution in [0.4, 0.5) is 14.5 Å². The molecule has 0 unspecified atom stereocenters. The third-order valence-corrected chi connectivity index (χ3v) is 6.22. The van der Waals surface area contributed by atoms with Crippen molar-refractivity contribution in [1.29, 1.82) is 0 Å². The monoisotopic (exact) mass is 429 g/mol. The van der Waals surface area contributed by atoms with Crippen molar-refractivity contribution in [3.05, 3.63) is 81.9 Å². The predicted molar refractivity (Wildman–Crippen MR) is 129 cm³/mol. The van der Waals surface area contributed by atoms with Crippen LogP contribution in [-0.4, -0.2) is 6.26 Å². The number of anilines is 1. The van der Waals surface area contributed by atoms with E-state index in [2.05, 4.69) is 26.1 Å². The molecule has 0 fully saturated rings. The summed E-state index contributed by atoms with van der Waals surface area (Å²) in [7, 11) is 0. The zero-order valence-electron chi connectivity index (χ0n) is 18.6. The molecular formula is C26H33F2NS. The first kappa shape index (κ1) is 24.2. The number of aryl methyl sites for hydroxylation is 3. The first-order chi connectivity index (χ1) is 14.1. The van der Waals surface area contributed by atoms with Crippen molar-refractivity contribution < 1.29 is 8.78 Å². The largest absolute Gasteiger partial charge is 0.399 e. The summed E-state index contributed by atoms with van der Waals surface area (Å²) < 4.78 is 28.2. The van der Waals surface area contributed by atoms with Gasteiger partial charge < -0.3 is 5.73 Å². The number of hydrogen-bond acceptors (Lipinski definition) is 2. The Hall–Kier alpha value is -2.07. The summed E-state index contributed by atoms with van der Waals surface area (Å²) in [4.78, 5) is 0.465. The van der Waals surface area contributed by atoms with Crippen LogP contribution in [0.15, 0.2) is 36.9 Å². The average molecular weight is 430 g/mol. The quantitative estimate of drug-likeness (QED) is 0.308. The van der Waals surface area contributed by atoms with Gasteiger partial charge in [-0.1, -0.05) is 31.2 Å².